The Labute approximate surface area is 97.6 Å². The van der Waals surface area contributed by atoms with Crippen LogP contribution in [0.25, 0.3) is 0 Å². The Morgan fingerprint density at radius 3 is 2.31 bits per heavy atom. The molecule has 0 radical (unpaired) electrons. The predicted octanol–water partition coefficient (Wildman–Crippen LogP) is 3.99. The molecule has 0 unspecified atom stereocenters. The number of benzene rings is 1. The highest BCUT2D eigenvalue weighted by Gasteiger charge is 2.05. The van der Waals surface area contributed by atoms with Gasteiger partial charge in [-0.3, -0.25) is 4.39 Å². The highest BCUT2D eigenvalue weighted by Crippen LogP contribution is 2.23. The van der Waals surface area contributed by atoms with Crippen LogP contribution in [0.1, 0.15) is 36.5 Å². The van der Waals surface area contributed by atoms with Crippen LogP contribution in [0.15, 0.2) is 12.1 Å². The topological polar surface area (TPSA) is 9.23 Å². The Balaban J connectivity index is 2.80. The zero-order valence-corrected chi connectivity index (χ0v) is 10.5. The largest absolute Gasteiger partial charge is 0.494 e. The van der Waals surface area contributed by atoms with E-state index in [0.717, 1.165) is 25.2 Å². The maximum absolute atomic E-state index is 12.2. The summed E-state index contributed by atoms with van der Waals surface area (Å²) in [6, 6.07) is 4.10. The van der Waals surface area contributed by atoms with Gasteiger partial charge in [0.05, 0.1) is 13.3 Å². The summed E-state index contributed by atoms with van der Waals surface area (Å²) in [5.41, 5.74) is 3.68. The second-order valence-corrected chi connectivity index (χ2v) is 4.18. The molecule has 0 aliphatic carbocycles. The van der Waals surface area contributed by atoms with Crippen molar-refractivity contribution in [2.45, 2.75) is 40.0 Å². The summed E-state index contributed by atoms with van der Waals surface area (Å²) >= 11 is 0. The molecule has 0 heterocycles. The molecule has 0 N–H and O–H groups in total. The van der Waals surface area contributed by atoms with E-state index in [9.17, 15) is 4.39 Å². The lowest BCUT2D eigenvalue weighted by atomic mass is 9.98. The molecule has 0 saturated heterocycles. The summed E-state index contributed by atoms with van der Waals surface area (Å²) in [6.07, 6.45) is 2.45. The number of ether oxygens (including phenoxy) is 1. The minimum absolute atomic E-state index is 0.243. The van der Waals surface area contributed by atoms with Gasteiger partial charge in [-0.25, -0.2) is 0 Å². The molecule has 0 aromatic heterocycles. The third-order valence-corrected chi connectivity index (χ3v) is 2.70. The number of hydrogen-bond donors (Lipinski definition) is 0. The predicted molar refractivity (Wildman–Crippen MR) is 66.0 cm³/mol. The van der Waals surface area contributed by atoms with Crippen molar-refractivity contribution in [2.75, 3.05) is 13.3 Å². The third kappa shape index (κ3) is 3.51. The maximum atomic E-state index is 12.2. The standard InChI is InChI=1S/C14H21FO/c1-4-8-16-13-9-11(2)14(6-5-7-15)12(3)10-13/h9-10H,4-8H2,1-3H3. The Hall–Kier alpha value is -1.05. The molecule has 1 rings (SSSR count). The van der Waals surface area contributed by atoms with Crippen molar-refractivity contribution in [2.24, 2.45) is 0 Å². The summed E-state index contributed by atoms with van der Waals surface area (Å²) in [4.78, 5) is 0. The highest BCUT2D eigenvalue weighted by atomic mass is 19.1. The van der Waals surface area contributed by atoms with Gasteiger partial charge in [0, 0.05) is 0 Å². The van der Waals surface area contributed by atoms with Gasteiger partial charge in [0.25, 0.3) is 0 Å². The molecule has 0 aliphatic heterocycles. The van der Waals surface area contributed by atoms with Crippen LogP contribution in [-0.2, 0) is 6.42 Å². The first-order valence-corrected chi connectivity index (χ1v) is 5.98. The zero-order chi connectivity index (χ0) is 12.0. The van der Waals surface area contributed by atoms with Gasteiger partial charge in [-0.1, -0.05) is 6.92 Å². The summed E-state index contributed by atoms with van der Waals surface area (Å²) in [7, 11) is 0. The minimum Gasteiger partial charge on any atom is -0.494 e. The van der Waals surface area contributed by atoms with Gasteiger partial charge >= 0.3 is 0 Å². The van der Waals surface area contributed by atoms with Crippen LogP contribution in [0, 0.1) is 13.8 Å². The lowest BCUT2D eigenvalue weighted by Gasteiger charge is -2.12. The molecule has 0 fully saturated rings. The van der Waals surface area contributed by atoms with Crippen LogP contribution >= 0.6 is 0 Å². The van der Waals surface area contributed by atoms with Crippen molar-refractivity contribution in [3.8, 4) is 5.75 Å². The molecule has 1 aromatic rings. The number of halogens is 1. The SMILES string of the molecule is CCCOc1cc(C)c(CCCF)c(C)c1. The lowest BCUT2D eigenvalue weighted by Crippen LogP contribution is -2.00. The number of aryl methyl sites for hydroxylation is 2. The van der Waals surface area contributed by atoms with Gasteiger partial charge in [-0.15, -0.1) is 0 Å². The molecule has 2 heteroatoms. The fraction of sp³-hybridized carbons (Fsp3) is 0.571. The summed E-state index contributed by atoms with van der Waals surface area (Å²) < 4.78 is 17.8. The second kappa shape index (κ2) is 6.51. The average molecular weight is 224 g/mol. The summed E-state index contributed by atoms with van der Waals surface area (Å²) in [5, 5.41) is 0. The van der Waals surface area contributed by atoms with Gasteiger partial charge in [0.15, 0.2) is 0 Å². The Kier molecular flexibility index (Phi) is 5.30. The van der Waals surface area contributed by atoms with Crippen molar-refractivity contribution in [1.29, 1.82) is 0 Å². The van der Waals surface area contributed by atoms with E-state index in [1.165, 1.54) is 16.7 Å². The average Bonchev–Trinajstić information content (AvgIpc) is 2.25. The Morgan fingerprint density at radius 1 is 1.19 bits per heavy atom. The van der Waals surface area contributed by atoms with E-state index in [2.05, 4.69) is 32.9 Å². The summed E-state index contributed by atoms with van der Waals surface area (Å²) in [6.45, 7) is 6.74. The molecule has 16 heavy (non-hydrogen) atoms. The molecular formula is C14H21FO. The van der Waals surface area contributed by atoms with Gasteiger partial charge in [0.2, 0.25) is 0 Å². The molecule has 0 bridgehead atoms. The number of alkyl halides is 1. The van der Waals surface area contributed by atoms with Crippen molar-refractivity contribution >= 4 is 0 Å². The van der Waals surface area contributed by atoms with E-state index < -0.39 is 0 Å². The number of hydrogen-bond acceptors (Lipinski definition) is 1. The van der Waals surface area contributed by atoms with Gasteiger partial charge in [0.1, 0.15) is 5.75 Å². The molecule has 1 aromatic carbocycles. The van der Waals surface area contributed by atoms with E-state index in [1.54, 1.807) is 0 Å². The monoisotopic (exact) mass is 224 g/mol. The highest BCUT2D eigenvalue weighted by molar-refractivity contribution is 5.41. The molecule has 0 saturated carbocycles. The van der Waals surface area contributed by atoms with Gasteiger partial charge in [-0.2, -0.15) is 0 Å². The Bertz CT molecular complexity index is 311. The zero-order valence-electron chi connectivity index (χ0n) is 10.5. The molecule has 0 spiro atoms. The van der Waals surface area contributed by atoms with Crippen LogP contribution in [0.3, 0.4) is 0 Å². The first kappa shape index (κ1) is 13.0. The first-order chi connectivity index (χ1) is 7.69. The van der Waals surface area contributed by atoms with E-state index in [-0.39, 0.29) is 6.67 Å². The molecular weight excluding hydrogens is 203 g/mol. The molecule has 1 nitrogen and oxygen atoms in total. The summed E-state index contributed by atoms with van der Waals surface area (Å²) in [5.74, 6) is 0.931. The van der Waals surface area contributed by atoms with Crippen LogP contribution in [-0.4, -0.2) is 13.3 Å². The molecule has 0 atom stereocenters. The fourth-order valence-electron chi connectivity index (χ4n) is 1.89. The molecule has 90 valence electrons. The van der Waals surface area contributed by atoms with Crippen molar-refractivity contribution < 1.29 is 9.13 Å². The van der Waals surface area contributed by atoms with Gasteiger partial charge in [-0.05, 0) is 61.9 Å². The Morgan fingerprint density at radius 2 is 1.81 bits per heavy atom. The maximum Gasteiger partial charge on any atom is 0.119 e. The van der Waals surface area contributed by atoms with Crippen LogP contribution < -0.4 is 4.74 Å². The van der Waals surface area contributed by atoms with Crippen molar-refractivity contribution in [1.82, 2.24) is 0 Å². The fourth-order valence-corrected chi connectivity index (χ4v) is 1.89. The molecule has 0 amide bonds. The third-order valence-electron chi connectivity index (χ3n) is 2.70. The van der Waals surface area contributed by atoms with Gasteiger partial charge < -0.3 is 4.74 Å². The van der Waals surface area contributed by atoms with E-state index >= 15 is 0 Å². The number of rotatable bonds is 6. The van der Waals surface area contributed by atoms with Crippen LogP contribution in [0.4, 0.5) is 4.39 Å². The van der Waals surface area contributed by atoms with Crippen LogP contribution in [0.2, 0.25) is 0 Å². The van der Waals surface area contributed by atoms with Crippen LogP contribution in [0.5, 0.6) is 5.75 Å². The van der Waals surface area contributed by atoms with E-state index in [1.807, 2.05) is 0 Å². The van der Waals surface area contributed by atoms with E-state index in [4.69, 9.17) is 4.74 Å². The minimum atomic E-state index is -0.243. The van der Waals surface area contributed by atoms with Crippen molar-refractivity contribution in [3.05, 3.63) is 28.8 Å². The first-order valence-electron chi connectivity index (χ1n) is 5.98. The van der Waals surface area contributed by atoms with E-state index in [0.29, 0.717) is 6.42 Å². The van der Waals surface area contributed by atoms with Crippen molar-refractivity contribution in [3.63, 3.8) is 0 Å². The smallest absolute Gasteiger partial charge is 0.119 e. The quantitative estimate of drug-likeness (QED) is 0.709. The second-order valence-electron chi connectivity index (χ2n) is 4.18. The normalized spacial score (nSPS) is 10.5. The molecule has 0 aliphatic rings. The lowest BCUT2D eigenvalue weighted by molar-refractivity contribution is 0.317.